The first-order valence-electron chi connectivity index (χ1n) is 7.81. The van der Waals surface area contributed by atoms with E-state index >= 15 is 0 Å². The molecular formula is C20H16FNO. The zero-order valence-electron chi connectivity index (χ0n) is 12.6. The Morgan fingerprint density at radius 2 is 1.61 bits per heavy atom. The Morgan fingerprint density at radius 3 is 2.35 bits per heavy atom. The second kappa shape index (κ2) is 5.51. The first-order chi connectivity index (χ1) is 11.2. The van der Waals surface area contributed by atoms with Crippen LogP contribution in [0.4, 0.5) is 10.1 Å². The van der Waals surface area contributed by atoms with Gasteiger partial charge in [0.1, 0.15) is 5.82 Å². The summed E-state index contributed by atoms with van der Waals surface area (Å²) in [5, 5.41) is 4.96. The van der Waals surface area contributed by atoms with Crippen molar-refractivity contribution < 1.29 is 9.18 Å². The predicted octanol–water partition coefficient (Wildman–Crippen LogP) is 5.11. The van der Waals surface area contributed by atoms with Gasteiger partial charge in [-0.05, 0) is 65.4 Å². The zero-order chi connectivity index (χ0) is 15.8. The molecule has 1 saturated carbocycles. The molecule has 23 heavy (non-hydrogen) atoms. The Kier molecular flexibility index (Phi) is 3.34. The Hall–Kier alpha value is -2.68. The summed E-state index contributed by atoms with van der Waals surface area (Å²) in [7, 11) is 0. The molecule has 0 bridgehead atoms. The van der Waals surface area contributed by atoms with Crippen molar-refractivity contribution in [1.29, 1.82) is 0 Å². The van der Waals surface area contributed by atoms with Crippen LogP contribution in [0.3, 0.4) is 0 Å². The number of carbonyl (C=O) groups is 1. The van der Waals surface area contributed by atoms with Gasteiger partial charge in [-0.25, -0.2) is 4.39 Å². The minimum atomic E-state index is -0.317. The third kappa shape index (κ3) is 2.70. The van der Waals surface area contributed by atoms with Gasteiger partial charge in [0.25, 0.3) is 5.91 Å². The first kappa shape index (κ1) is 13.9. The van der Waals surface area contributed by atoms with Gasteiger partial charge in [0, 0.05) is 11.3 Å². The van der Waals surface area contributed by atoms with Gasteiger partial charge in [-0.3, -0.25) is 4.79 Å². The molecule has 3 aromatic carbocycles. The number of anilines is 1. The lowest BCUT2D eigenvalue weighted by Crippen LogP contribution is -2.12. The van der Waals surface area contributed by atoms with E-state index in [0.717, 1.165) is 10.8 Å². The second-order valence-corrected chi connectivity index (χ2v) is 5.98. The molecule has 0 atom stereocenters. The van der Waals surface area contributed by atoms with Gasteiger partial charge in [0.05, 0.1) is 0 Å². The van der Waals surface area contributed by atoms with E-state index in [0.29, 0.717) is 17.2 Å². The molecule has 1 aliphatic carbocycles. The van der Waals surface area contributed by atoms with E-state index in [9.17, 15) is 9.18 Å². The van der Waals surface area contributed by atoms with Crippen LogP contribution in [0.15, 0.2) is 60.7 Å². The van der Waals surface area contributed by atoms with Crippen LogP contribution in [-0.2, 0) is 0 Å². The van der Waals surface area contributed by atoms with Gasteiger partial charge in [0.2, 0.25) is 0 Å². The maximum Gasteiger partial charge on any atom is 0.256 e. The van der Waals surface area contributed by atoms with E-state index in [-0.39, 0.29) is 11.7 Å². The highest BCUT2D eigenvalue weighted by atomic mass is 19.1. The minimum absolute atomic E-state index is 0.171. The molecule has 1 fully saturated rings. The molecule has 1 amide bonds. The monoisotopic (exact) mass is 305 g/mol. The number of carbonyl (C=O) groups excluding carboxylic acids is 1. The molecule has 1 N–H and O–H groups in total. The third-order valence-electron chi connectivity index (χ3n) is 4.32. The van der Waals surface area contributed by atoms with Gasteiger partial charge in [0.15, 0.2) is 0 Å². The summed E-state index contributed by atoms with van der Waals surface area (Å²) in [6, 6.07) is 17.8. The van der Waals surface area contributed by atoms with Gasteiger partial charge < -0.3 is 5.32 Å². The lowest BCUT2D eigenvalue weighted by atomic mass is 9.97. The number of hydrogen-bond donors (Lipinski definition) is 1. The largest absolute Gasteiger partial charge is 0.322 e. The molecule has 0 aromatic heterocycles. The van der Waals surface area contributed by atoms with Crippen molar-refractivity contribution in [2.75, 3.05) is 5.32 Å². The predicted molar refractivity (Wildman–Crippen MR) is 90.3 cm³/mol. The standard InChI is InChI=1S/C20H16FNO/c21-14-9-11-15(12-10-14)22-20(23)19-6-2-4-17-16(13-7-8-13)3-1-5-18(17)19/h1-6,9-13H,7-8H2,(H,22,23). The number of benzene rings is 3. The summed E-state index contributed by atoms with van der Waals surface area (Å²) in [5.74, 6) is 0.145. The maximum atomic E-state index is 13.0. The molecule has 3 heteroatoms. The Balaban J connectivity index is 1.72. The average Bonchev–Trinajstić information content (AvgIpc) is 3.40. The van der Waals surface area contributed by atoms with Crippen LogP contribution in [0.5, 0.6) is 0 Å². The number of amides is 1. The van der Waals surface area contributed by atoms with E-state index in [2.05, 4.69) is 17.4 Å². The maximum absolute atomic E-state index is 13.0. The van der Waals surface area contributed by atoms with Gasteiger partial charge in [-0.2, -0.15) is 0 Å². The van der Waals surface area contributed by atoms with Crippen LogP contribution in [0.1, 0.15) is 34.7 Å². The fourth-order valence-corrected chi connectivity index (χ4v) is 3.01. The molecule has 0 aliphatic heterocycles. The summed E-state index contributed by atoms with van der Waals surface area (Å²) in [5.41, 5.74) is 2.57. The molecule has 114 valence electrons. The van der Waals surface area contributed by atoms with Crippen molar-refractivity contribution >= 4 is 22.4 Å². The summed E-state index contributed by atoms with van der Waals surface area (Å²) in [6.45, 7) is 0. The van der Waals surface area contributed by atoms with Crippen molar-refractivity contribution in [3.8, 4) is 0 Å². The zero-order valence-corrected chi connectivity index (χ0v) is 12.6. The van der Waals surface area contributed by atoms with Crippen molar-refractivity contribution in [2.24, 2.45) is 0 Å². The SMILES string of the molecule is O=C(Nc1ccc(F)cc1)c1cccc2c(C3CC3)cccc12. The quantitative estimate of drug-likeness (QED) is 0.716. The van der Waals surface area contributed by atoms with E-state index in [4.69, 9.17) is 0 Å². The molecule has 0 spiro atoms. The normalized spacial score (nSPS) is 14.0. The number of rotatable bonds is 3. The van der Waals surface area contributed by atoms with Crippen LogP contribution in [0.2, 0.25) is 0 Å². The van der Waals surface area contributed by atoms with Crippen molar-refractivity contribution in [1.82, 2.24) is 0 Å². The highest BCUT2D eigenvalue weighted by Gasteiger charge is 2.25. The van der Waals surface area contributed by atoms with Gasteiger partial charge >= 0.3 is 0 Å². The first-order valence-corrected chi connectivity index (χ1v) is 7.81. The van der Waals surface area contributed by atoms with Crippen LogP contribution >= 0.6 is 0 Å². The molecule has 0 saturated heterocycles. The molecule has 0 unspecified atom stereocenters. The average molecular weight is 305 g/mol. The molecule has 2 nitrogen and oxygen atoms in total. The third-order valence-corrected chi connectivity index (χ3v) is 4.32. The summed E-state index contributed by atoms with van der Waals surface area (Å²) < 4.78 is 13.0. The van der Waals surface area contributed by atoms with Crippen molar-refractivity contribution in [2.45, 2.75) is 18.8 Å². The van der Waals surface area contributed by atoms with E-state index in [1.165, 1.54) is 30.5 Å². The highest BCUT2D eigenvalue weighted by Crippen LogP contribution is 2.43. The molecular weight excluding hydrogens is 289 g/mol. The molecule has 1 aliphatic rings. The van der Waals surface area contributed by atoms with Crippen LogP contribution in [0.25, 0.3) is 10.8 Å². The Morgan fingerprint density at radius 1 is 0.913 bits per heavy atom. The lowest BCUT2D eigenvalue weighted by molar-refractivity contribution is 0.102. The van der Waals surface area contributed by atoms with Crippen LogP contribution in [-0.4, -0.2) is 5.91 Å². The number of hydrogen-bond acceptors (Lipinski definition) is 1. The topological polar surface area (TPSA) is 29.1 Å². The van der Waals surface area contributed by atoms with Gasteiger partial charge in [-0.15, -0.1) is 0 Å². The van der Waals surface area contributed by atoms with Crippen molar-refractivity contribution in [3.05, 3.63) is 77.6 Å². The van der Waals surface area contributed by atoms with E-state index in [1.54, 1.807) is 12.1 Å². The number of nitrogens with one attached hydrogen (secondary N) is 1. The molecule has 3 aromatic rings. The fourth-order valence-electron chi connectivity index (χ4n) is 3.01. The molecule has 4 rings (SSSR count). The lowest BCUT2D eigenvalue weighted by Gasteiger charge is -2.11. The van der Waals surface area contributed by atoms with Crippen LogP contribution in [0, 0.1) is 5.82 Å². The van der Waals surface area contributed by atoms with Gasteiger partial charge in [-0.1, -0.05) is 30.3 Å². The highest BCUT2D eigenvalue weighted by molar-refractivity contribution is 6.13. The van der Waals surface area contributed by atoms with Crippen LogP contribution < -0.4 is 5.32 Å². The fraction of sp³-hybridized carbons (Fsp3) is 0.150. The Bertz CT molecular complexity index is 882. The Labute approximate surface area is 134 Å². The summed E-state index contributed by atoms with van der Waals surface area (Å²) in [4.78, 5) is 12.6. The molecule has 0 radical (unpaired) electrons. The second-order valence-electron chi connectivity index (χ2n) is 5.98. The molecule has 0 heterocycles. The summed E-state index contributed by atoms with van der Waals surface area (Å²) in [6.07, 6.45) is 2.45. The minimum Gasteiger partial charge on any atom is -0.322 e. The smallest absolute Gasteiger partial charge is 0.256 e. The van der Waals surface area contributed by atoms with E-state index < -0.39 is 0 Å². The number of fused-ring (bicyclic) bond motifs is 1. The number of halogens is 1. The van der Waals surface area contributed by atoms with E-state index in [1.807, 2.05) is 24.3 Å². The summed E-state index contributed by atoms with van der Waals surface area (Å²) >= 11 is 0. The van der Waals surface area contributed by atoms with Crippen molar-refractivity contribution in [3.63, 3.8) is 0 Å².